The predicted octanol–water partition coefficient (Wildman–Crippen LogP) is -1.000. The highest BCUT2D eigenvalue weighted by Crippen LogP contribution is 2.12. The fraction of sp³-hybridized carbons (Fsp3) is 0.700. The monoisotopic (exact) mass is 244 g/mol. The Hall–Kier alpha value is -1.63. The molecule has 1 aliphatic heterocycles. The summed E-state index contributed by atoms with van der Waals surface area (Å²) in [6.07, 6.45) is 0.710. The summed E-state index contributed by atoms with van der Waals surface area (Å²) in [6.45, 7) is 0.511. The van der Waals surface area contributed by atoms with Gasteiger partial charge in [0.05, 0.1) is 0 Å². The van der Waals surface area contributed by atoms with E-state index in [4.69, 9.17) is 15.6 Å². The number of nitrogens with one attached hydrogen (secondary N) is 1. The van der Waals surface area contributed by atoms with E-state index >= 15 is 0 Å². The fourth-order valence-corrected chi connectivity index (χ4v) is 1.59. The van der Waals surface area contributed by atoms with Crippen molar-refractivity contribution in [1.82, 2.24) is 5.32 Å². The van der Waals surface area contributed by atoms with Crippen molar-refractivity contribution in [3.63, 3.8) is 0 Å². The van der Waals surface area contributed by atoms with E-state index in [1.807, 2.05) is 0 Å². The number of hydrogen-bond donors (Lipinski definition) is 3. The third-order valence-electron chi connectivity index (χ3n) is 2.52. The van der Waals surface area contributed by atoms with Gasteiger partial charge in [0.1, 0.15) is 12.1 Å². The first kappa shape index (κ1) is 13.4. The second-order valence-corrected chi connectivity index (χ2v) is 3.91. The third-order valence-corrected chi connectivity index (χ3v) is 2.52. The van der Waals surface area contributed by atoms with Crippen LogP contribution in [0.2, 0.25) is 0 Å². The van der Waals surface area contributed by atoms with Crippen LogP contribution in [0, 0.1) is 0 Å². The first-order chi connectivity index (χ1) is 8.00. The zero-order chi connectivity index (χ0) is 12.8. The van der Waals surface area contributed by atoms with Crippen LogP contribution in [0.5, 0.6) is 0 Å². The Morgan fingerprint density at radius 3 is 2.65 bits per heavy atom. The Balaban J connectivity index is 2.44. The molecule has 1 heterocycles. The zero-order valence-electron chi connectivity index (χ0n) is 9.35. The SMILES string of the molecule is NC(=O)CC[C@@H](NC(=O)[C@@H]1CCCO1)C(=O)O. The molecule has 0 bridgehead atoms. The Morgan fingerprint density at radius 1 is 1.47 bits per heavy atom. The number of rotatable bonds is 6. The molecule has 0 aliphatic carbocycles. The molecule has 0 aromatic carbocycles. The third kappa shape index (κ3) is 4.39. The number of nitrogens with two attached hydrogens (primary N) is 1. The maximum Gasteiger partial charge on any atom is 0.326 e. The fourth-order valence-electron chi connectivity index (χ4n) is 1.59. The Bertz CT molecular complexity index is 312. The van der Waals surface area contributed by atoms with Gasteiger partial charge in [-0.15, -0.1) is 0 Å². The summed E-state index contributed by atoms with van der Waals surface area (Å²) in [7, 11) is 0. The molecule has 0 unspecified atom stereocenters. The van der Waals surface area contributed by atoms with E-state index < -0.39 is 29.9 Å². The van der Waals surface area contributed by atoms with E-state index in [9.17, 15) is 14.4 Å². The van der Waals surface area contributed by atoms with Crippen molar-refractivity contribution in [2.75, 3.05) is 6.61 Å². The molecule has 1 rings (SSSR count). The lowest BCUT2D eigenvalue weighted by atomic mass is 10.1. The van der Waals surface area contributed by atoms with Gasteiger partial charge in [-0.1, -0.05) is 0 Å². The lowest BCUT2D eigenvalue weighted by molar-refractivity contribution is -0.144. The van der Waals surface area contributed by atoms with Gasteiger partial charge >= 0.3 is 5.97 Å². The van der Waals surface area contributed by atoms with Gasteiger partial charge in [-0.2, -0.15) is 0 Å². The highest BCUT2D eigenvalue weighted by atomic mass is 16.5. The molecule has 2 amide bonds. The van der Waals surface area contributed by atoms with Gasteiger partial charge in [-0.05, 0) is 19.3 Å². The van der Waals surface area contributed by atoms with Gasteiger partial charge in [-0.25, -0.2) is 4.79 Å². The van der Waals surface area contributed by atoms with Crippen LogP contribution < -0.4 is 11.1 Å². The number of carbonyl (C=O) groups excluding carboxylic acids is 2. The molecule has 0 spiro atoms. The van der Waals surface area contributed by atoms with Crippen LogP contribution in [-0.4, -0.2) is 41.6 Å². The van der Waals surface area contributed by atoms with Gasteiger partial charge in [0, 0.05) is 13.0 Å². The molecule has 0 radical (unpaired) electrons. The first-order valence-corrected chi connectivity index (χ1v) is 5.44. The molecule has 1 aliphatic rings. The summed E-state index contributed by atoms with van der Waals surface area (Å²) < 4.78 is 5.12. The molecule has 2 atom stereocenters. The maximum atomic E-state index is 11.6. The van der Waals surface area contributed by atoms with Crippen molar-refractivity contribution in [1.29, 1.82) is 0 Å². The minimum Gasteiger partial charge on any atom is -0.480 e. The second kappa shape index (κ2) is 6.19. The second-order valence-electron chi connectivity index (χ2n) is 3.91. The minimum absolute atomic E-state index is 0.0108. The number of aliphatic carboxylic acids is 1. The molecule has 17 heavy (non-hydrogen) atoms. The quantitative estimate of drug-likeness (QED) is 0.553. The number of hydrogen-bond acceptors (Lipinski definition) is 4. The van der Waals surface area contributed by atoms with Crippen LogP contribution in [0.4, 0.5) is 0 Å². The van der Waals surface area contributed by atoms with E-state index in [0.29, 0.717) is 13.0 Å². The topological polar surface area (TPSA) is 119 Å². The highest BCUT2D eigenvalue weighted by Gasteiger charge is 2.28. The molecule has 0 saturated carbocycles. The molecule has 1 saturated heterocycles. The van der Waals surface area contributed by atoms with Crippen molar-refractivity contribution in [2.24, 2.45) is 5.73 Å². The van der Waals surface area contributed by atoms with Gasteiger partial charge in [0.15, 0.2) is 0 Å². The number of carboxylic acids is 1. The largest absolute Gasteiger partial charge is 0.480 e. The van der Waals surface area contributed by atoms with Crippen LogP contribution in [0.3, 0.4) is 0 Å². The molecule has 1 fully saturated rings. The number of carboxylic acid groups (broad SMARTS) is 1. The predicted molar refractivity (Wildman–Crippen MR) is 57.0 cm³/mol. The van der Waals surface area contributed by atoms with Gasteiger partial charge in [-0.3, -0.25) is 9.59 Å². The van der Waals surface area contributed by atoms with Crippen LogP contribution in [0.1, 0.15) is 25.7 Å². The van der Waals surface area contributed by atoms with Crippen LogP contribution in [0.25, 0.3) is 0 Å². The summed E-state index contributed by atoms with van der Waals surface area (Å²) in [6, 6.07) is -1.10. The molecule has 0 aromatic heterocycles. The zero-order valence-corrected chi connectivity index (χ0v) is 9.35. The summed E-state index contributed by atoms with van der Waals surface area (Å²) in [5, 5.41) is 11.2. The van der Waals surface area contributed by atoms with Crippen molar-refractivity contribution < 1.29 is 24.2 Å². The van der Waals surface area contributed by atoms with E-state index in [-0.39, 0.29) is 12.8 Å². The van der Waals surface area contributed by atoms with E-state index in [1.54, 1.807) is 0 Å². The smallest absolute Gasteiger partial charge is 0.326 e. The van der Waals surface area contributed by atoms with Crippen molar-refractivity contribution >= 4 is 17.8 Å². The maximum absolute atomic E-state index is 11.6. The average molecular weight is 244 g/mol. The first-order valence-electron chi connectivity index (χ1n) is 5.44. The summed E-state index contributed by atoms with van der Waals surface area (Å²) >= 11 is 0. The minimum atomic E-state index is -1.18. The van der Waals surface area contributed by atoms with Crippen molar-refractivity contribution in [3.05, 3.63) is 0 Å². The van der Waals surface area contributed by atoms with E-state index in [1.165, 1.54) is 0 Å². The number of carbonyl (C=O) groups is 3. The average Bonchev–Trinajstić information content (AvgIpc) is 2.76. The van der Waals surface area contributed by atoms with Crippen LogP contribution in [-0.2, 0) is 19.1 Å². The lowest BCUT2D eigenvalue weighted by Gasteiger charge is -2.16. The molecule has 0 aromatic rings. The molecule has 4 N–H and O–H groups in total. The van der Waals surface area contributed by atoms with E-state index in [0.717, 1.165) is 6.42 Å². The highest BCUT2D eigenvalue weighted by molar-refractivity contribution is 5.86. The van der Waals surface area contributed by atoms with Crippen LogP contribution >= 0.6 is 0 Å². The summed E-state index contributed by atoms with van der Waals surface area (Å²) in [5.41, 5.74) is 4.92. The molecule has 96 valence electrons. The summed E-state index contributed by atoms with van der Waals surface area (Å²) in [5.74, 6) is -2.22. The standard InChI is InChI=1S/C10H16N2O5/c11-8(13)4-3-6(10(15)16)12-9(14)7-2-1-5-17-7/h6-7H,1-5H2,(H2,11,13)(H,12,14)(H,15,16)/t6-,7+/m1/s1. The molecular weight excluding hydrogens is 228 g/mol. The molecule has 7 heteroatoms. The van der Waals surface area contributed by atoms with Gasteiger partial charge < -0.3 is 20.9 Å². The Kier molecular flexibility index (Phi) is 4.89. The Morgan fingerprint density at radius 2 is 2.18 bits per heavy atom. The summed E-state index contributed by atoms with van der Waals surface area (Å²) in [4.78, 5) is 33.0. The van der Waals surface area contributed by atoms with Gasteiger partial charge in [0.25, 0.3) is 0 Å². The Labute approximate surface area is 98.3 Å². The number of ether oxygens (including phenoxy) is 1. The van der Waals surface area contributed by atoms with Crippen LogP contribution in [0.15, 0.2) is 0 Å². The van der Waals surface area contributed by atoms with Crippen molar-refractivity contribution in [3.8, 4) is 0 Å². The number of amides is 2. The molecular formula is C10H16N2O5. The normalized spacial score (nSPS) is 20.8. The van der Waals surface area contributed by atoms with E-state index in [2.05, 4.69) is 5.32 Å². The van der Waals surface area contributed by atoms with Gasteiger partial charge in [0.2, 0.25) is 11.8 Å². The van der Waals surface area contributed by atoms with Crippen molar-refractivity contribution in [2.45, 2.75) is 37.8 Å². The lowest BCUT2D eigenvalue weighted by Crippen LogP contribution is -2.45. The molecule has 7 nitrogen and oxygen atoms in total. The number of primary amides is 1.